The van der Waals surface area contributed by atoms with Gasteiger partial charge in [0.05, 0.1) is 0 Å². The Morgan fingerprint density at radius 1 is 1.22 bits per heavy atom. The molecule has 3 aromatic rings. The predicted molar refractivity (Wildman–Crippen MR) is 99.3 cm³/mol. The average Bonchev–Trinajstić information content (AvgIpc) is 3.20. The number of carbonyl (C=O) groups is 1. The topological polar surface area (TPSA) is 98.5 Å². The van der Waals surface area contributed by atoms with Crippen LogP contribution in [0.4, 0.5) is 0 Å². The minimum atomic E-state index is -0.812. The maximum atomic E-state index is 12.2. The van der Waals surface area contributed by atoms with E-state index in [9.17, 15) is 9.90 Å². The number of piperazine rings is 1. The molecule has 0 saturated carbocycles. The quantitative estimate of drug-likeness (QED) is 0.711. The van der Waals surface area contributed by atoms with Gasteiger partial charge in [-0.25, -0.2) is 4.63 Å². The van der Waals surface area contributed by atoms with E-state index in [-0.39, 0.29) is 0 Å². The maximum Gasteiger partial charge on any atom is 0.325 e. The second kappa shape index (κ2) is 7.13. The SMILES string of the molecule is Cc1nonc1CN1CCN([C@@H](C(=O)O)c2c(C)[nH]c3ccccc23)CC1. The Labute approximate surface area is 156 Å². The van der Waals surface area contributed by atoms with Crippen LogP contribution in [0.15, 0.2) is 28.9 Å². The molecule has 3 heterocycles. The van der Waals surface area contributed by atoms with Gasteiger partial charge < -0.3 is 10.1 Å². The summed E-state index contributed by atoms with van der Waals surface area (Å²) in [6, 6.07) is 7.22. The van der Waals surface area contributed by atoms with Gasteiger partial charge in [0.25, 0.3) is 0 Å². The third-order valence-electron chi connectivity index (χ3n) is 5.34. The summed E-state index contributed by atoms with van der Waals surface area (Å²) in [5.41, 5.74) is 4.39. The van der Waals surface area contributed by atoms with Gasteiger partial charge >= 0.3 is 5.97 Å². The first-order chi connectivity index (χ1) is 13.0. The molecule has 0 spiro atoms. The number of carboxylic acids is 1. The number of nitrogens with one attached hydrogen (secondary N) is 1. The van der Waals surface area contributed by atoms with Crippen molar-refractivity contribution in [3.8, 4) is 0 Å². The lowest BCUT2D eigenvalue weighted by molar-refractivity contribution is -0.144. The molecule has 0 amide bonds. The number of H-pyrrole nitrogens is 1. The first-order valence-corrected chi connectivity index (χ1v) is 9.09. The van der Waals surface area contributed by atoms with E-state index in [4.69, 9.17) is 4.63 Å². The van der Waals surface area contributed by atoms with Gasteiger partial charge in [-0.3, -0.25) is 14.6 Å². The predicted octanol–water partition coefficient (Wildman–Crippen LogP) is 2.11. The molecule has 1 saturated heterocycles. The Kier molecular flexibility index (Phi) is 4.67. The van der Waals surface area contributed by atoms with Gasteiger partial charge in [0, 0.05) is 54.9 Å². The molecular formula is C19H23N5O3. The summed E-state index contributed by atoms with van der Waals surface area (Å²) in [5.74, 6) is -0.812. The monoisotopic (exact) mass is 369 g/mol. The molecule has 27 heavy (non-hydrogen) atoms. The number of aromatic amines is 1. The van der Waals surface area contributed by atoms with Crippen molar-refractivity contribution in [3.63, 3.8) is 0 Å². The fourth-order valence-corrected chi connectivity index (χ4v) is 3.90. The molecular weight excluding hydrogens is 346 g/mol. The van der Waals surface area contributed by atoms with Gasteiger partial charge in [0.2, 0.25) is 0 Å². The van der Waals surface area contributed by atoms with Crippen LogP contribution in [-0.2, 0) is 11.3 Å². The van der Waals surface area contributed by atoms with Crippen molar-refractivity contribution in [1.29, 1.82) is 0 Å². The van der Waals surface area contributed by atoms with Gasteiger partial charge in [-0.1, -0.05) is 28.5 Å². The molecule has 142 valence electrons. The summed E-state index contributed by atoms with van der Waals surface area (Å²) < 4.78 is 4.76. The number of para-hydroxylation sites is 1. The standard InChI is InChI=1S/C19H23N5O3/c1-12-16(22-27-21-12)11-23-7-9-24(10-8-23)18(19(25)26)17-13(2)20-15-6-4-3-5-14(15)17/h3-6,18,20H,7-11H2,1-2H3,(H,25,26)/t18-/m1/s1. The van der Waals surface area contributed by atoms with E-state index in [1.165, 1.54) is 0 Å². The normalized spacial score (nSPS) is 17.4. The Morgan fingerprint density at radius 3 is 2.63 bits per heavy atom. The molecule has 1 fully saturated rings. The molecule has 2 N–H and O–H groups in total. The number of rotatable bonds is 5. The number of hydrogen-bond donors (Lipinski definition) is 2. The van der Waals surface area contributed by atoms with E-state index in [2.05, 4.69) is 25.1 Å². The molecule has 4 rings (SSSR count). The second-order valence-electron chi connectivity index (χ2n) is 7.06. The number of hydrogen-bond acceptors (Lipinski definition) is 6. The van der Waals surface area contributed by atoms with Gasteiger partial charge in [-0.05, 0) is 19.9 Å². The van der Waals surface area contributed by atoms with Crippen molar-refractivity contribution in [1.82, 2.24) is 25.1 Å². The molecule has 0 aliphatic carbocycles. The zero-order valence-electron chi connectivity index (χ0n) is 15.5. The number of nitrogens with zero attached hydrogens (tertiary/aromatic N) is 4. The van der Waals surface area contributed by atoms with Crippen LogP contribution in [-0.4, -0.2) is 62.4 Å². The lowest BCUT2D eigenvalue weighted by Gasteiger charge is -2.37. The van der Waals surface area contributed by atoms with Crippen molar-refractivity contribution >= 4 is 16.9 Å². The minimum Gasteiger partial charge on any atom is -0.480 e. The van der Waals surface area contributed by atoms with Crippen molar-refractivity contribution in [2.45, 2.75) is 26.4 Å². The number of fused-ring (bicyclic) bond motifs is 1. The Hall–Kier alpha value is -2.71. The molecule has 0 unspecified atom stereocenters. The highest BCUT2D eigenvalue weighted by molar-refractivity contribution is 5.90. The van der Waals surface area contributed by atoms with Crippen LogP contribution >= 0.6 is 0 Å². The number of carboxylic acid groups (broad SMARTS) is 1. The largest absolute Gasteiger partial charge is 0.480 e. The molecule has 1 aliphatic rings. The molecule has 1 aliphatic heterocycles. The van der Waals surface area contributed by atoms with Crippen molar-refractivity contribution in [3.05, 3.63) is 46.9 Å². The fraction of sp³-hybridized carbons (Fsp3) is 0.421. The first-order valence-electron chi connectivity index (χ1n) is 9.09. The molecule has 0 bridgehead atoms. The average molecular weight is 369 g/mol. The van der Waals surface area contributed by atoms with Crippen molar-refractivity contribution in [2.24, 2.45) is 0 Å². The molecule has 0 radical (unpaired) electrons. The highest BCUT2D eigenvalue weighted by Gasteiger charge is 2.33. The maximum absolute atomic E-state index is 12.2. The van der Waals surface area contributed by atoms with Gasteiger partial charge in [0.1, 0.15) is 17.4 Å². The number of aryl methyl sites for hydroxylation is 2. The summed E-state index contributed by atoms with van der Waals surface area (Å²) >= 11 is 0. The lowest BCUT2D eigenvalue weighted by atomic mass is 10.0. The summed E-state index contributed by atoms with van der Waals surface area (Å²) in [6.07, 6.45) is 0. The fourth-order valence-electron chi connectivity index (χ4n) is 3.90. The van der Waals surface area contributed by atoms with E-state index in [0.717, 1.165) is 46.6 Å². The van der Waals surface area contributed by atoms with Crippen LogP contribution in [0.3, 0.4) is 0 Å². The number of benzene rings is 1. The number of aromatic nitrogens is 3. The van der Waals surface area contributed by atoms with Gasteiger partial charge in [-0.15, -0.1) is 0 Å². The second-order valence-corrected chi connectivity index (χ2v) is 7.06. The van der Waals surface area contributed by atoms with Crippen LogP contribution in [0, 0.1) is 13.8 Å². The van der Waals surface area contributed by atoms with E-state index in [1.54, 1.807) is 0 Å². The zero-order chi connectivity index (χ0) is 19.0. The van der Waals surface area contributed by atoms with Crippen LogP contribution in [0.1, 0.15) is 28.7 Å². The lowest BCUT2D eigenvalue weighted by Crippen LogP contribution is -2.49. The Bertz CT molecular complexity index is 955. The summed E-state index contributed by atoms with van der Waals surface area (Å²) in [7, 11) is 0. The third-order valence-corrected chi connectivity index (χ3v) is 5.34. The summed E-state index contributed by atoms with van der Waals surface area (Å²) in [4.78, 5) is 19.8. The highest BCUT2D eigenvalue weighted by atomic mass is 16.6. The van der Waals surface area contributed by atoms with Crippen LogP contribution < -0.4 is 0 Å². The zero-order valence-corrected chi connectivity index (χ0v) is 15.5. The summed E-state index contributed by atoms with van der Waals surface area (Å²) in [5, 5.41) is 18.7. The van der Waals surface area contributed by atoms with Gasteiger partial charge in [0.15, 0.2) is 0 Å². The molecule has 8 nitrogen and oxygen atoms in total. The third kappa shape index (κ3) is 3.33. The molecule has 8 heteroatoms. The molecule has 2 aromatic heterocycles. The van der Waals surface area contributed by atoms with Crippen LogP contribution in [0.25, 0.3) is 10.9 Å². The molecule has 1 aromatic carbocycles. The number of aliphatic carboxylic acids is 1. The summed E-state index contributed by atoms with van der Waals surface area (Å²) in [6.45, 7) is 7.41. The van der Waals surface area contributed by atoms with Gasteiger partial charge in [-0.2, -0.15) is 0 Å². The van der Waals surface area contributed by atoms with E-state index >= 15 is 0 Å². The van der Waals surface area contributed by atoms with Crippen LogP contribution in [0.5, 0.6) is 0 Å². The smallest absolute Gasteiger partial charge is 0.325 e. The van der Waals surface area contributed by atoms with E-state index in [0.29, 0.717) is 19.6 Å². The van der Waals surface area contributed by atoms with E-state index < -0.39 is 12.0 Å². The Morgan fingerprint density at radius 2 is 1.96 bits per heavy atom. The van der Waals surface area contributed by atoms with E-state index in [1.807, 2.05) is 38.1 Å². The van der Waals surface area contributed by atoms with Crippen molar-refractivity contribution in [2.75, 3.05) is 26.2 Å². The molecule has 1 atom stereocenters. The Balaban J connectivity index is 1.53. The first kappa shape index (κ1) is 17.7. The van der Waals surface area contributed by atoms with Crippen LogP contribution in [0.2, 0.25) is 0 Å². The highest BCUT2D eigenvalue weighted by Crippen LogP contribution is 2.32. The van der Waals surface area contributed by atoms with Crippen molar-refractivity contribution < 1.29 is 14.5 Å². The minimum absolute atomic E-state index is 0.654.